The molecule has 0 N–H and O–H groups in total. The lowest BCUT2D eigenvalue weighted by Crippen LogP contribution is -2.37. The number of hydrogen-bond acceptors (Lipinski definition) is 2. The first-order valence-electron chi connectivity index (χ1n) is 5.82. The first kappa shape index (κ1) is 16.1. The van der Waals surface area contributed by atoms with E-state index in [2.05, 4.69) is 4.74 Å². The number of rotatable bonds is 6. The summed E-state index contributed by atoms with van der Waals surface area (Å²) in [6, 6.07) is 0. The van der Waals surface area contributed by atoms with E-state index < -0.39 is 18.9 Å². The second kappa shape index (κ2) is 7.40. The van der Waals surface area contributed by atoms with Gasteiger partial charge in [0, 0.05) is 13.1 Å². The highest BCUT2D eigenvalue weighted by molar-refractivity contribution is 5.67. The van der Waals surface area contributed by atoms with Crippen molar-refractivity contribution in [1.29, 1.82) is 0 Å². The van der Waals surface area contributed by atoms with Gasteiger partial charge in [-0.3, -0.25) is 0 Å². The number of ether oxygens (including phenoxy) is 1. The number of nitrogens with zero attached hydrogens (tertiary/aromatic N) is 1. The highest BCUT2D eigenvalue weighted by Crippen LogP contribution is 2.16. The number of amides is 1. The van der Waals surface area contributed by atoms with Gasteiger partial charge in [0.05, 0.1) is 0 Å². The third-order valence-electron chi connectivity index (χ3n) is 2.63. The first-order valence-corrected chi connectivity index (χ1v) is 5.82. The van der Waals surface area contributed by atoms with Crippen molar-refractivity contribution in [3.8, 4) is 0 Å². The Balaban J connectivity index is 4.21. The van der Waals surface area contributed by atoms with Crippen molar-refractivity contribution in [3.63, 3.8) is 0 Å². The average molecular weight is 255 g/mol. The van der Waals surface area contributed by atoms with Gasteiger partial charge in [0.2, 0.25) is 0 Å². The molecule has 0 aliphatic rings. The molecule has 6 heteroatoms. The number of alkyl halides is 3. The molecule has 1 amide bonds. The summed E-state index contributed by atoms with van der Waals surface area (Å²) in [5, 5.41) is 0. The van der Waals surface area contributed by atoms with E-state index in [0.29, 0.717) is 19.0 Å². The van der Waals surface area contributed by atoms with Crippen molar-refractivity contribution in [2.45, 2.75) is 39.8 Å². The smallest absolute Gasteiger partial charge is 0.422 e. The summed E-state index contributed by atoms with van der Waals surface area (Å²) >= 11 is 0. The fourth-order valence-corrected chi connectivity index (χ4v) is 1.43. The normalized spacial score (nSPS) is 11.7. The molecule has 0 radical (unpaired) electrons. The summed E-state index contributed by atoms with van der Waals surface area (Å²) in [5.41, 5.74) is 0. The fourth-order valence-electron chi connectivity index (χ4n) is 1.43. The Hall–Kier alpha value is -0.940. The van der Waals surface area contributed by atoms with Crippen LogP contribution in [0.4, 0.5) is 18.0 Å². The molecule has 0 aliphatic carbocycles. The second-order valence-corrected chi connectivity index (χ2v) is 3.89. The lowest BCUT2D eigenvalue weighted by atomic mass is 10.0. The number of hydrogen-bond donors (Lipinski definition) is 0. The third-order valence-corrected chi connectivity index (χ3v) is 2.63. The van der Waals surface area contributed by atoms with Gasteiger partial charge in [-0.15, -0.1) is 0 Å². The molecular weight excluding hydrogens is 235 g/mol. The van der Waals surface area contributed by atoms with E-state index in [1.807, 2.05) is 13.8 Å². The largest absolute Gasteiger partial charge is 0.440 e. The molecular formula is C11H20F3NO2. The Morgan fingerprint density at radius 3 is 2.12 bits per heavy atom. The Bertz CT molecular complexity index is 227. The molecule has 0 bridgehead atoms. The van der Waals surface area contributed by atoms with E-state index in [1.165, 1.54) is 4.90 Å². The van der Waals surface area contributed by atoms with Crippen molar-refractivity contribution in [3.05, 3.63) is 0 Å². The standard InChI is InChI=1S/C11H20F3NO2/c1-4-9(5-2)7-15(6-3)10(16)17-8-11(12,13)14/h9H,4-8H2,1-3H3. The van der Waals surface area contributed by atoms with Gasteiger partial charge in [0.25, 0.3) is 0 Å². The van der Waals surface area contributed by atoms with Crippen LogP contribution in [0.2, 0.25) is 0 Å². The van der Waals surface area contributed by atoms with Gasteiger partial charge >= 0.3 is 12.3 Å². The summed E-state index contributed by atoms with van der Waals surface area (Å²) in [4.78, 5) is 12.7. The van der Waals surface area contributed by atoms with Gasteiger partial charge in [-0.2, -0.15) is 13.2 Å². The van der Waals surface area contributed by atoms with E-state index in [1.54, 1.807) is 6.92 Å². The molecule has 0 aliphatic heterocycles. The Kier molecular flexibility index (Phi) is 6.99. The highest BCUT2D eigenvalue weighted by atomic mass is 19.4. The zero-order chi connectivity index (χ0) is 13.5. The topological polar surface area (TPSA) is 29.5 Å². The maximum absolute atomic E-state index is 11.9. The van der Waals surface area contributed by atoms with Crippen LogP contribution in [0.3, 0.4) is 0 Å². The van der Waals surface area contributed by atoms with Crippen LogP contribution < -0.4 is 0 Å². The van der Waals surface area contributed by atoms with Crippen molar-refractivity contribution in [2.75, 3.05) is 19.7 Å². The quantitative estimate of drug-likeness (QED) is 0.727. The minimum atomic E-state index is -4.47. The van der Waals surface area contributed by atoms with Crippen molar-refractivity contribution in [1.82, 2.24) is 4.90 Å². The molecule has 0 heterocycles. The van der Waals surface area contributed by atoms with Gasteiger partial charge < -0.3 is 9.64 Å². The van der Waals surface area contributed by atoms with E-state index in [9.17, 15) is 18.0 Å². The van der Waals surface area contributed by atoms with Crippen LogP contribution >= 0.6 is 0 Å². The third kappa shape index (κ3) is 7.07. The lowest BCUT2D eigenvalue weighted by Gasteiger charge is -2.24. The molecule has 0 aromatic heterocycles. The summed E-state index contributed by atoms with van der Waals surface area (Å²) in [6.45, 7) is 4.97. The van der Waals surface area contributed by atoms with Crippen LogP contribution in [0.25, 0.3) is 0 Å². The summed E-state index contributed by atoms with van der Waals surface area (Å²) < 4.78 is 39.9. The number of carbonyl (C=O) groups excluding carboxylic acids is 1. The summed E-state index contributed by atoms with van der Waals surface area (Å²) in [5.74, 6) is 0.299. The van der Waals surface area contributed by atoms with Gasteiger partial charge in [-0.1, -0.05) is 26.7 Å². The maximum atomic E-state index is 11.9. The van der Waals surface area contributed by atoms with Crippen LogP contribution in [0.5, 0.6) is 0 Å². The monoisotopic (exact) mass is 255 g/mol. The first-order chi connectivity index (χ1) is 7.84. The summed E-state index contributed by atoms with van der Waals surface area (Å²) in [7, 11) is 0. The second-order valence-electron chi connectivity index (χ2n) is 3.89. The van der Waals surface area contributed by atoms with E-state index in [4.69, 9.17) is 0 Å². The SMILES string of the molecule is CCC(CC)CN(CC)C(=O)OCC(F)(F)F. The van der Waals surface area contributed by atoms with Crippen molar-refractivity contribution >= 4 is 6.09 Å². The van der Waals surface area contributed by atoms with Crippen LogP contribution in [0, 0.1) is 5.92 Å². The van der Waals surface area contributed by atoms with E-state index >= 15 is 0 Å². The minimum Gasteiger partial charge on any atom is -0.440 e. The van der Waals surface area contributed by atoms with Crippen LogP contribution in [0.1, 0.15) is 33.6 Å². The molecule has 0 saturated carbocycles. The molecule has 102 valence electrons. The minimum absolute atomic E-state index is 0.299. The van der Waals surface area contributed by atoms with Gasteiger partial charge in [-0.05, 0) is 12.8 Å². The maximum Gasteiger partial charge on any atom is 0.422 e. The predicted octanol–water partition coefficient (Wildman–Crippen LogP) is 3.44. The number of halogens is 3. The molecule has 0 spiro atoms. The molecule has 0 rings (SSSR count). The Labute approximate surface area is 99.9 Å². The Morgan fingerprint density at radius 1 is 1.24 bits per heavy atom. The van der Waals surface area contributed by atoms with E-state index in [0.717, 1.165) is 12.8 Å². The summed E-state index contributed by atoms with van der Waals surface area (Å²) in [6.07, 6.45) is -3.58. The molecule has 3 nitrogen and oxygen atoms in total. The number of carbonyl (C=O) groups is 1. The average Bonchev–Trinajstić information content (AvgIpc) is 2.27. The predicted molar refractivity (Wildman–Crippen MR) is 58.7 cm³/mol. The van der Waals surface area contributed by atoms with Gasteiger partial charge in [0.15, 0.2) is 6.61 Å². The zero-order valence-electron chi connectivity index (χ0n) is 10.5. The molecule has 17 heavy (non-hydrogen) atoms. The van der Waals surface area contributed by atoms with E-state index in [-0.39, 0.29) is 0 Å². The Morgan fingerprint density at radius 2 is 1.76 bits per heavy atom. The van der Waals surface area contributed by atoms with Crippen LogP contribution in [0.15, 0.2) is 0 Å². The van der Waals surface area contributed by atoms with Crippen LogP contribution in [-0.2, 0) is 4.74 Å². The lowest BCUT2D eigenvalue weighted by molar-refractivity contribution is -0.162. The molecule has 0 aromatic rings. The van der Waals surface area contributed by atoms with Crippen molar-refractivity contribution < 1.29 is 22.7 Å². The fraction of sp³-hybridized carbons (Fsp3) is 0.909. The van der Waals surface area contributed by atoms with Gasteiger partial charge in [-0.25, -0.2) is 4.79 Å². The van der Waals surface area contributed by atoms with Crippen molar-refractivity contribution in [2.24, 2.45) is 5.92 Å². The highest BCUT2D eigenvalue weighted by Gasteiger charge is 2.30. The van der Waals surface area contributed by atoms with Crippen LogP contribution in [-0.4, -0.2) is 36.9 Å². The molecule has 0 atom stereocenters. The zero-order valence-corrected chi connectivity index (χ0v) is 10.5. The molecule has 0 aromatic carbocycles. The molecule has 0 fully saturated rings. The molecule has 0 unspecified atom stereocenters. The molecule has 0 saturated heterocycles. The van der Waals surface area contributed by atoms with Gasteiger partial charge in [0.1, 0.15) is 0 Å².